The predicted molar refractivity (Wildman–Crippen MR) is 88.8 cm³/mol. The van der Waals surface area contributed by atoms with Gasteiger partial charge in [0.15, 0.2) is 0 Å². The van der Waals surface area contributed by atoms with Crippen molar-refractivity contribution in [2.45, 2.75) is 39.3 Å². The first kappa shape index (κ1) is 17.8. The van der Waals surface area contributed by atoms with Crippen LogP contribution in [-0.4, -0.2) is 41.9 Å². The van der Waals surface area contributed by atoms with Crippen LogP contribution >= 0.6 is 0 Å². The summed E-state index contributed by atoms with van der Waals surface area (Å²) in [5.41, 5.74) is 0.357. The van der Waals surface area contributed by atoms with Crippen LogP contribution in [0.1, 0.15) is 43.1 Å². The number of imide groups is 1. The molecule has 1 unspecified atom stereocenters. The van der Waals surface area contributed by atoms with E-state index in [0.29, 0.717) is 17.9 Å². The number of ether oxygens (including phenoxy) is 1. The van der Waals surface area contributed by atoms with E-state index in [1.807, 2.05) is 6.07 Å². The van der Waals surface area contributed by atoms with Gasteiger partial charge in [-0.1, -0.05) is 20.3 Å². The number of methoxy groups -OCH3 is 1. The number of nitrogens with one attached hydrogen (secondary N) is 2. The maximum atomic E-state index is 12.4. The van der Waals surface area contributed by atoms with Gasteiger partial charge >= 0.3 is 6.03 Å². The van der Waals surface area contributed by atoms with E-state index in [9.17, 15) is 14.4 Å². The lowest BCUT2D eigenvalue weighted by molar-refractivity contribution is -0.123. The molecular weight excluding hydrogens is 310 g/mol. The number of amides is 4. The Bertz CT molecular complexity index is 674. The molecule has 1 atom stereocenters. The molecule has 0 radical (unpaired) electrons. The molecule has 2 aliphatic heterocycles. The third kappa shape index (κ3) is 3.34. The number of carbonyl (C=O) groups is 3. The molecular formula is C17H23N3O4. The van der Waals surface area contributed by atoms with E-state index in [1.54, 1.807) is 31.1 Å². The summed E-state index contributed by atoms with van der Waals surface area (Å²) >= 11 is 0. The Morgan fingerprint density at radius 3 is 2.46 bits per heavy atom. The topological polar surface area (TPSA) is 87.7 Å². The fourth-order valence-electron chi connectivity index (χ4n) is 2.68. The zero-order chi connectivity index (χ0) is 17.9. The molecule has 7 nitrogen and oxygen atoms in total. The molecule has 1 fully saturated rings. The molecule has 0 aromatic heterocycles. The molecule has 2 N–H and O–H groups in total. The van der Waals surface area contributed by atoms with Crippen molar-refractivity contribution in [1.29, 1.82) is 0 Å². The number of benzene rings is 1. The highest BCUT2D eigenvalue weighted by Crippen LogP contribution is 2.28. The van der Waals surface area contributed by atoms with Crippen LogP contribution in [0.25, 0.3) is 0 Å². The average Bonchev–Trinajstić information content (AvgIpc) is 2.96. The first-order chi connectivity index (χ1) is 11.3. The van der Waals surface area contributed by atoms with Gasteiger partial charge in [0.25, 0.3) is 11.8 Å². The maximum absolute atomic E-state index is 12.4. The second kappa shape index (κ2) is 6.90. The van der Waals surface area contributed by atoms with Crippen molar-refractivity contribution in [2.24, 2.45) is 0 Å². The minimum atomic E-state index is -1.10. The highest BCUT2D eigenvalue weighted by Gasteiger charge is 2.45. The molecule has 2 heterocycles. The standard InChI is InChI=1S/C14H15N3O4.C3H8/c1-14(12(19)15-13(20)16-14)7-17-6-8-5-9(21-2)3-4-10(8)11(17)18;1-3-2/h3-5H,6-7H2,1-2H3,(H2,15,16,19,20);3H2,1-2H3. The van der Waals surface area contributed by atoms with E-state index in [1.165, 1.54) is 6.42 Å². The van der Waals surface area contributed by atoms with Gasteiger partial charge in [-0.25, -0.2) is 4.79 Å². The Labute approximate surface area is 141 Å². The third-order valence-corrected chi connectivity index (χ3v) is 3.82. The Morgan fingerprint density at radius 1 is 1.25 bits per heavy atom. The van der Waals surface area contributed by atoms with Crippen LogP contribution in [0, 0.1) is 0 Å². The van der Waals surface area contributed by atoms with Crippen molar-refractivity contribution in [3.05, 3.63) is 29.3 Å². The van der Waals surface area contributed by atoms with Gasteiger partial charge in [0.1, 0.15) is 11.3 Å². The summed E-state index contributed by atoms with van der Waals surface area (Å²) < 4.78 is 5.14. The smallest absolute Gasteiger partial charge is 0.322 e. The highest BCUT2D eigenvalue weighted by atomic mass is 16.5. The van der Waals surface area contributed by atoms with Crippen LogP contribution in [0.2, 0.25) is 0 Å². The molecule has 1 aromatic carbocycles. The first-order valence-electron chi connectivity index (χ1n) is 7.94. The van der Waals surface area contributed by atoms with Gasteiger partial charge in [-0.05, 0) is 30.7 Å². The van der Waals surface area contributed by atoms with E-state index < -0.39 is 17.5 Å². The molecule has 2 aliphatic rings. The fraction of sp³-hybridized carbons (Fsp3) is 0.471. The van der Waals surface area contributed by atoms with Gasteiger partial charge in [0.2, 0.25) is 0 Å². The zero-order valence-electron chi connectivity index (χ0n) is 14.4. The Hall–Kier alpha value is -2.57. The molecule has 24 heavy (non-hydrogen) atoms. The summed E-state index contributed by atoms with van der Waals surface area (Å²) in [6.07, 6.45) is 1.25. The zero-order valence-corrected chi connectivity index (χ0v) is 14.4. The van der Waals surface area contributed by atoms with Crippen molar-refractivity contribution in [3.63, 3.8) is 0 Å². The quantitative estimate of drug-likeness (QED) is 0.824. The van der Waals surface area contributed by atoms with Gasteiger partial charge in [-0.2, -0.15) is 0 Å². The molecule has 4 amide bonds. The SMILES string of the molecule is CCC.COc1ccc2c(c1)CN(CC1(C)NC(=O)NC1=O)C2=O. The molecule has 130 valence electrons. The summed E-state index contributed by atoms with van der Waals surface area (Å²) in [6.45, 7) is 6.37. The van der Waals surface area contributed by atoms with E-state index >= 15 is 0 Å². The van der Waals surface area contributed by atoms with Gasteiger partial charge in [0, 0.05) is 12.1 Å². The van der Waals surface area contributed by atoms with Crippen molar-refractivity contribution in [3.8, 4) is 5.75 Å². The summed E-state index contributed by atoms with van der Waals surface area (Å²) in [7, 11) is 1.57. The number of urea groups is 1. The van der Waals surface area contributed by atoms with Crippen LogP contribution < -0.4 is 15.4 Å². The number of fused-ring (bicyclic) bond motifs is 1. The highest BCUT2D eigenvalue weighted by molar-refractivity contribution is 6.07. The van der Waals surface area contributed by atoms with E-state index in [4.69, 9.17) is 4.74 Å². The van der Waals surface area contributed by atoms with E-state index in [2.05, 4.69) is 24.5 Å². The van der Waals surface area contributed by atoms with Gasteiger partial charge in [0.05, 0.1) is 13.7 Å². The van der Waals surface area contributed by atoms with Crippen molar-refractivity contribution in [2.75, 3.05) is 13.7 Å². The normalized spacial score (nSPS) is 21.7. The van der Waals surface area contributed by atoms with Crippen LogP contribution in [-0.2, 0) is 11.3 Å². The molecule has 3 rings (SSSR count). The Balaban J connectivity index is 0.000000647. The van der Waals surface area contributed by atoms with Gasteiger partial charge in [-0.3, -0.25) is 14.9 Å². The van der Waals surface area contributed by atoms with Gasteiger partial charge in [-0.15, -0.1) is 0 Å². The second-order valence-corrected chi connectivity index (χ2v) is 6.13. The predicted octanol–water partition coefficient (Wildman–Crippen LogP) is 1.67. The van der Waals surface area contributed by atoms with Crippen molar-refractivity contribution < 1.29 is 19.1 Å². The number of nitrogens with zero attached hydrogens (tertiary/aromatic N) is 1. The fourth-order valence-corrected chi connectivity index (χ4v) is 2.68. The van der Waals surface area contributed by atoms with E-state index in [0.717, 1.165) is 5.56 Å². The first-order valence-corrected chi connectivity index (χ1v) is 7.94. The molecule has 1 saturated heterocycles. The molecule has 7 heteroatoms. The Morgan fingerprint density at radius 2 is 1.92 bits per heavy atom. The molecule has 0 aliphatic carbocycles. The summed E-state index contributed by atoms with van der Waals surface area (Å²) in [4.78, 5) is 37.0. The molecule has 0 bridgehead atoms. The van der Waals surface area contributed by atoms with Crippen molar-refractivity contribution >= 4 is 17.8 Å². The minimum Gasteiger partial charge on any atom is -0.497 e. The van der Waals surface area contributed by atoms with Crippen LogP contribution in [0.3, 0.4) is 0 Å². The maximum Gasteiger partial charge on any atom is 0.322 e. The third-order valence-electron chi connectivity index (χ3n) is 3.82. The Kier molecular flexibility index (Phi) is 5.11. The molecule has 0 saturated carbocycles. The van der Waals surface area contributed by atoms with Gasteiger partial charge < -0.3 is 15.0 Å². The lowest BCUT2D eigenvalue weighted by atomic mass is 10.0. The lowest BCUT2D eigenvalue weighted by Crippen LogP contribution is -2.52. The summed E-state index contributed by atoms with van der Waals surface area (Å²) in [5.74, 6) is 0.109. The summed E-state index contributed by atoms with van der Waals surface area (Å²) in [6, 6.07) is 4.72. The van der Waals surface area contributed by atoms with Crippen LogP contribution in [0.15, 0.2) is 18.2 Å². The number of hydrogen-bond donors (Lipinski definition) is 2. The number of rotatable bonds is 3. The number of hydrogen-bond acceptors (Lipinski definition) is 4. The summed E-state index contributed by atoms with van der Waals surface area (Å²) in [5, 5.41) is 4.75. The lowest BCUT2D eigenvalue weighted by Gasteiger charge is -2.26. The monoisotopic (exact) mass is 333 g/mol. The number of carbonyl (C=O) groups excluding carboxylic acids is 3. The van der Waals surface area contributed by atoms with Crippen LogP contribution in [0.5, 0.6) is 5.75 Å². The van der Waals surface area contributed by atoms with E-state index in [-0.39, 0.29) is 12.5 Å². The molecule has 0 spiro atoms. The average molecular weight is 333 g/mol. The second-order valence-electron chi connectivity index (χ2n) is 6.13. The molecule has 1 aromatic rings. The van der Waals surface area contributed by atoms with Crippen LogP contribution in [0.4, 0.5) is 4.79 Å². The largest absolute Gasteiger partial charge is 0.497 e. The minimum absolute atomic E-state index is 0.125. The van der Waals surface area contributed by atoms with Crippen molar-refractivity contribution in [1.82, 2.24) is 15.5 Å².